The van der Waals surface area contributed by atoms with Crippen LogP contribution in [0.1, 0.15) is 17.6 Å². The summed E-state index contributed by atoms with van der Waals surface area (Å²) in [5.74, 6) is 0.909. The maximum Gasteiger partial charge on any atom is 0.193 e. The van der Waals surface area contributed by atoms with E-state index in [-0.39, 0.29) is 24.0 Å². The summed E-state index contributed by atoms with van der Waals surface area (Å²) in [5.41, 5.74) is 1.09. The first-order valence-corrected chi connectivity index (χ1v) is 8.62. The molecule has 0 aliphatic carbocycles. The molecule has 0 radical (unpaired) electrons. The van der Waals surface area contributed by atoms with E-state index in [0.29, 0.717) is 6.04 Å². The Morgan fingerprint density at radius 3 is 3.00 bits per heavy atom. The van der Waals surface area contributed by atoms with Gasteiger partial charge in [-0.25, -0.2) is 4.98 Å². The van der Waals surface area contributed by atoms with Crippen LogP contribution in [0, 0.1) is 6.92 Å². The second kappa shape index (κ2) is 10.4. The maximum absolute atomic E-state index is 5.47. The number of guanidine groups is 1. The van der Waals surface area contributed by atoms with Crippen molar-refractivity contribution in [3.63, 3.8) is 0 Å². The van der Waals surface area contributed by atoms with Gasteiger partial charge in [-0.2, -0.15) is 0 Å². The van der Waals surface area contributed by atoms with Crippen LogP contribution in [-0.4, -0.2) is 73.7 Å². The predicted octanol–water partition coefficient (Wildman–Crippen LogP) is 1.80. The molecule has 1 N–H and O–H groups in total. The van der Waals surface area contributed by atoms with E-state index in [1.54, 1.807) is 11.3 Å². The molecule has 1 fully saturated rings. The third-order valence-corrected chi connectivity index (χ3v) is 4.65. The first-order chi connectivity index (χ1) is 10.6. The molecule has 1 aliphatic rings. The van der Waals surface area contributed by atoms with Gasteiger partial charge in [-0.1, -0.05) is 0 Å². The number of aromatic nitrogens is 1. The monoisotopic (exact) mass is 453 g/mol. The highest BCUT2D eigenvalue weighted by Gasteiger charge is 2.18. The lowest BCUT2D eigenvalue weighted by Gasteiger charge is -2.33. The fourth-order valence-electron chi connectivity index (χ4n) is 2.59. The van der Waals surface area contributed by atoms with E-state index in [0.717, 1.165) is 56.1 Å². The normalized spacial score (nSPS) is 19.3. The molecule has 0 bridgehead atoms. The van der Waals surface area contributed by atoms with Crippen LogP contribution in [0.3, 0.4) is 0 Å². The van der Waals surface area contributed by atoms with E-state index >= 15 is 0 Å². The minimum atomic E-state index is 0. The molecule has 1 aliphatic heterocycles. The molecule has 0 amide bonds. The summed E-state index contributed by atoms with van der Waals surface area (Å²) in [4.78, 5) is 13.4. The molecule has 132 valence electrons. The summed E-state index contributed by atoms with van der Waals surface area (Å²) in [7, 11) is 3.86. The minimum absolute atomic E-state index is 0. The third kappa shape index (κ3) is 6.52. The summed E-state index contributed by atoms with van der Waals surface area (Å²) >= 11 is 1.69. The molecule has 0 spiro atoms. The zero-order valence-electron chi connectivity index (χ0n) is 14.4. The third-order valence-electron chi connectivity index (χ3n) is 3.83. The smallest absolute Gasteiger partial charge is 0.193 e. The molecule has 6 nitrogen and oxygen atoms in total. The quantitative estimate of drug-likeness (QED) is 0.419. The number of morpholine rings is 1. The van der Waals surface area contributed by atoms with Gasteiger partial charge in [0.2, 0.25) is 0 Å². The average molecular weight is 453 g/mol. The van der Waals surface area contributed by atoms with Crippen molar-refractivity contribution in [1.82, 2.24) is 20.1 Å². The number of aryl methyl sites for hydroxylation is 1. The number of halogens is 1. The molecule has 1 atom stereocenters. The van der Waals surface area contributed by atoms with Gasteiger partial charge < -0.3 is 15.0 Å². The summed E-state index contributed by atoms with van der Waals surface area (Å²) < 4.78 is 5.47. The molecule has 1 aromatic rings. The van der Waals surface area contributed by atoms with Crippen molar-refractivity contribution in [2.45, 2.75) is 26.4 Å². The van der Waals surface area contributed by atoms with Crippen molar-refractivity contribution in [2.24, 2.45) is 4.99 Å². The van der Waals surface area contributed by atoms with Crippen molar-refractivity contribution < 1.29 is 4.74 Å². The number of aliphatic imine (C=N–C) groups is 1. The standard InChI is InChI=1S/C15H27N5OS.HI/c1-12-10-21-8-7-20(12)6-5-17-15(16-3)19(4)9-14-11-22-13(2)18-14;/h11-12H,5-10H2,1-4H3,(H,16,17);1H. The number of nitrogens with zero attached hydrogens (tertiary/aromatic N) is 4. The van der Waals surface area contributed by atoms with Crippen LogP contribution in [-0.2, 0) is 11.3 Å². The number of hydrogen-bond donors (Lipinski definition) is 1. The van der Waals surface area contributed by atoms with Crippen molar-refractivity contribution in [2.75, 3.05) is 46.9 Å². The van der Waals surface area contributed by atoms with Crippen LogP contribution in [0.15, 0.2) is 10.4 Å². The molecule has 1 saturated heterocycles. The Labute approximate surface area is 160 Å². The van der Waals surface area contributed by atoms with Gasteiger partial charge in [0.05, 0.1) is 30.5 Å². The van der Waals surface area contributed by atoms with Crippen LogP contribution in [0.25, 0.3) is 0 Å². The van der Waals surface area contributed by atoms with Gasteiger partial charge in [-0.15, -0.1) is 35.3 Å². The van der Waals surface area contributed by atoms with E-state index < -0.39 is 0 Å². The van der Waals surface area contributed by atoms with Crippen molar-refractivity contribution >= 4 is 41.3 Å². The highest BCUT2D eigenvalue weighted by Crippen LogP contribution is 2.09. The van der Waals surface area contributed by atoms with E-state index in [4.69, 9.17) is 4.74 Å². The highest BCUT2D eigenvalue weighted by atomic mass is 127. The summed E-state index contributed by atoms with van der Waals surface area (Å²) in [6, 6.07) is 0.494. The zero-order valence-corrected chi connectivity index (χ0v) is 17.6. The Morgan fingerprint density at radius 2 is 2.39 bits per heavy atom. The molecule has 1 aromatic heterocycles. The van der Waals surface area contributed by atoms with Crippen molar-refractivity contribution in [3.05, 3.63) is 16.1 Å². The van der Waals surface area contributed by atoms with Crippen molar-refractivity contribution in [1.29, 1.82) is 0 Å². The van der Waals surface area contributed by atoms with E-state index in [2.05, 4.69) is 37.4 Å². The zero-order chi connectivity index (χ0) is 15.9. The Morgan fingerprint density at radius 1 is 1.61 bits per heavy atom. The molecule has 2 rings (SSSR count). The van der Waals surface area contributed by atoms with Crippen LogP contribution in [0.4, 0.5) is 0 Å². The van der Waals surface area contributed by atoms with Gasteiger partial charge in [0, 0.05) is 45.2 Å². The Kier molecular flexibility index (Phi) is 9.33. The number of hydrogen-bond acceptors (Lipinski definition) is 5. The summed E-state index contributed by atoms with van der Waals surface area (Å²) in [6.45, 7) is 9.59. The van der Waals surface area contributed by atoms with Crippen LogP contribution in [0.5, 0.6) is 0 Å². The number of nitrogens with one attached hydrogen (secondary N) is 1. The predicted molar refractivity (Wildman–Crippen MR) is 107 cm³/mol. The minimum Gasteiger partial charge on any atom is -0.379 e. The number of rotatable bonds is 5. The summed E-state index contributed by atoms with van der Waals surface area (Å²) in [6.07, 6.45) is 0. The van der Waals surface area contributed by atoms with Gasteiger partial charge in [-0.3, -0.25) is 9.89 Å². The van der Waals surface area contributed by atoms with Gasteiger partial charge >= 0.3 is 0 Å². The molecule has 1 unspecified atom stereocenters. The summed E-state index contributed by atoms with van der Waals surface area (Å²) in [5, 5.41) is 6.64. The Bertz CT molecular complexity index is 496. The van der Waals surface area contributed by atoms with E-state index in [1.807, 2.05) is 21.0 Å². The Hall–Kier alpha value is -0.450. The topological polar surface area (TPSA) is 53.0 Å². The highest BCUT2D eigenvalue weighted by molar-refractivity contribution is 14.0. The fraction of sp³-hybridized carbons (Fsp3) is 0.733. The second-order valence-electron chi connectivity index (χ2n) is 5.65. The van der Waals surface area contributed by atoms with Crippen LogP contribution >= 0.6 is 35.3 Å². The molecular formula is C15H28IN5OS. The lowest BCUT2D eigenvalue weighted by molar-refractivity contribution is 0.000832. The SMILES string of the molecule is CN=C(NCCN1CCOCC1C)N(C)Cc1csc(C)n1.I. The molecule has 8 heteroatoms. The van der Waals surface area contributed by atoms with Crippen molar-refractivity contribution in [3.8, 4) is 0 Å². The largest absolute Gasteiger partial charge is 0.379 e. The van der Waals surface area contributed by atoms with Gasteiger partial charge in [0.1, 0.15) is 0 Å². The van der Waals surface area contributed by atoms with Gasteiger partial charge in [0.25, 0.3) is 0 Å². The lowest BCUT2D eigenvalue weighted by Crippen LogP contribution is -2.48. The molecular weight excluding hydrogens is 425 g/mol. The Balaban J connectivity index is 0.00000264. The molecule has 23 heavy (non-hydrogen) atoms. The lowest BCUT2D eigenvalue weighted by atomic mass is 10.2. The second-order valence-corrected chi connectivity index (χ2v) is 6.71. The first-order valence-electron chi connectivity index (χ1n) is 7.74. The average Bonchev–Trinajstić information content (AvgIpc) is 2.90. The molecule has 0 aromatic carbocycles. The van der Waals surface area contributed by atoms with Gasteiger partial charge in [-0.05, 0) is 13.8 Å². The number of ether oxygens (including phenoxy) is 1. The maximum atomic E-state index is 5.47. The first kappa shape index (κ1) is 20.6. The van der Waals surface area contributed by atoms with E-state index in [1.165, 1.54) is 0 Å². The fourth-order valence-corrected chi connectivity index (χ4v) is 3.19. The van der Waals surface area contributed by atoms with Crippen LogP contribution < -0.4 is 5.32 Å². The molecule has 2 heterocycles. The van der Waals surface area contributed by atoms with Crippen LogP contribution in [0.2, 0.25) is 0 Å². The van der Waals surface area contributed by atoms with E-state index in [9.17, 15) is 0 Å². The molecule has 0 saturated carbocycles. The van der Waals surface area contributed by atoms with Gasteiger partial charge in [0.15, 0.2) is 5.96 Å². The number of thiazole rings is 1.